The number of ether oxygens (including phenoxy) is 2. The van der Waals surface area contributed by atoms with Crippen LogP contribution in [0, 0.1) is 0 Å². The molecule has 0 amide bonds. The fraction of sp³-hybridized carbons (Fsp3) is 0.667. The van der Waals surface area contributed by atoms with Crippen LogP contribution in [0.25, 0.3) is 11.2 Å². The van der Waals surface area contributed by atoms with Gasteiger partial charge in [-0.05, 0) is 6.42 Å². The summed E-state index contributed by atoms with van der Waals surface area (Å²) in [7, 11) is -12.0. The molecule has 2 aromatic heterocycles. The lowest BCUT2D eigenvalue weighted by Crippen LogP contribution is -2.52. The highest BCUT2D eigenvalue weighted by atomic mass is 32.2. The Labute approximate surface area is 208 Å². The van der Waals surface area contributed by atoms with E-state index in [1.165, 1.54) is 18.7 Å². The van der Waals surface area contributed by atoms with Crippen molar-refractivity contribution in [2.45, 2.75) is 36.6 Å². The maximum Gasteiger partial charge on any atom is 0.481 e. The quantitative estimate of drug-likeness (QED) is 0.157. The van der Waals surface area contributed by atoms with Crippen molar-refractivity contribution in [3.8, 4) is 0 Å². The first-order chi connectivity index (χ1) is 17.0. The zero-order chi connectivity index (χ0) is 27.6. The van der Waals surface area contributed by atoms with Gasteiger partial charge in [-0.1, -0.05) is 0 Å². The molecule has 6 atom stereocenters. The molecule has 0 spiro atoms. The van der Waals surface area contributed by atoms with Gasteiger partial charge in [-0.3, -0.25) is 18.9 Å². The first-order valence-electron chi connectivity index (χ1n) is 10.3. The summed E-state index contributed by atoms with van der Waals surface area (Å²) >= 11 is 0. The van der Waals surface area contributed by atoms with Gasteiger partial charge >= 0.3 is 15.6 Å². The maximum atomic E-state index is 12.3. The van der Waals surface area contributed by atoms with Crippen LogP contribution >= 0.6 is 15.6 Å². The fourth-order valence-electron chi connectivity index (χ4n) is 4.16. The molecule has 37 heavy (non-hydrogen) atoms. The second-order valence-corrected chi connectivity index (χ2v) is 13.6. The molecule has 2 unspecified atom stereocenters. The minimum Gasteiger partial charge on any atom is -0.387 e. The van der Waals surface area contributed by atoms with Gasteiger partial charge in [-0.2, -0.15) is 9.29 Å². The lowest BCUT2D eigenvalue weighted by molar-refractivity contribution is -0.220. The first-order valence-corrected chi connectivity index (χ1v) is 15.0. The molecule has 2 aliphatic rings. The number of nitrogens with zero attached hydrogens (tertiary/aromatic N) is 4. The van der Waals surface area contributed by atoms with Crippen LogP contribution in [0.4, 0.5) is 5.95 Å². The van der Waals surface area contributed by atoms with Crippen LogP contribution < -0.4 is 11.3 Å². The van der Waals surface area contributed by atoms with E-state index >= 15 is 0 Å². The summed E-state index contributed by atoms with van der Waals surface area (Å²) in [4.78, 5) is 49.8. The highest BCUT2D eigenvalue weighted by Gasteiger charge is 2.67. The Hall–Kier alpha value is -1.80. The number of hydrogen-bond acceptors (Lipinski definition) is 13. The zero-order valence-corrected chi connectivity index (χ0v) is 21.7. The number of rotatable bonds is 10. The van der Waals surface area contributed by atoms with Gasteiger partial charge in [0.2, 0.25) is 16.0 Å². The van der Waals surface area contributed by atoms with E-state index in [2.05, 4.69) is 19.3 Å². The number of aliphatic hydroxyl groups is 1. The standard InChI is InChI=1S/C15H24N6O13P2S/c1-20(2)37(29,30)4-3-7-15(5-31-36(27,28)34-35(24,25)26)10(22)9(32-7)13(33-15)21-6-17-8-11(21)18-14(16)19-12(8)23/h6-7,9-10,13,22H,3-5H2,1-2H3,(H,27,28)(H2,24,25,26)(H3,16,18,19,23)/t7-,9-,10?,13+,15-/m0/s1. The van der Waals surface area contributed by atoms with Crippen molar-refractivity contribution < 1.29 is 55.6 Å². The largest absolute Gasteiger partial charge is 0.481 e. The second kappa shape index (κ2) is 9.44. The molecule has 2 aliphatic heterocycles. The molecule has 208 valence electrons. The molecular formula is C15H24N6O13P2S. The van der Waals surface area contributed by atoms with E-state index in [1.807, 2.05) is 0 Å². The number of H-pyrrole nitrogens is 1. The number of fused-ring (bicyclic) bond motifs is 3. The van der Waals surface area contributed by atoms with E-state index in [4.69, 9.17) is 29.5 Å². The van der Waals surface area contributed by atoms with Crippen LogP contribution in [0.3, 0.4) is 0 Å². The lowest BCUT2D eigenvalue weighted by Gasteiger charge is -2.37. The smallest absolute Gasteiger partial charge is 0.387 e. The first kappa shape index (κ1) is 28.2. The molecule has 0 saturated carbocycles. The molecule has 4 heterocycles. The van der Waals surface area contributed by atoms with Crippen LogP contribution in [-0.4, -0.2) is 102 Å². The van der Waals surface area contributed by atoms with Crippen molar-refractivity contribution in [3.05, 3.63) is 16.7 Å². The van der Waals surface area contributed by atoms with Gasteiger partial charge in [0.25, 0.3) is 5.56 Å². The molecule has 7 N–H and O–H groups in total. The number of imidazole rings is 1. The maximum absolute atomic E-state index is 12.3. The molecule has 0 aliphatic carbocycles. The van der Waals surface area contributed by atoms with E-state index in [-0.39, 0.29) is 23.5 Å². The Kier molecular flexibility index (Phi) is 7.20. The third-order valence-corrected chi connectivity index (χ3v) is 9.88. The van der Waals surface area contributed by atoms with E-state index in [9.17, 15) is 32.3 Å². The number of aromatic nitrogens is 4. The summed E-state index contributed by atoms with van der Waals surface area (Å²) in [6.07, 6.45) is -4.45. The number of aliphatic hydroxyl groups excluding tert-OH is 1. The molecule has 22 heteroatoms. The van der Waals surface area contributed by atoms with Gasteiger partial charge in [-0.25, -0.2) is 26.8 Å². The number of nitrogens with one attached hydrogen (secondary N) is 1. The minimum atomic E-state index is -5.46. The third kappa shape index (κ3) is 5.38. The highest BCUT2D eigenvalue weighted by Crippen LogP contribution is 2.59. The normalized spacial score (nSPS) is 29.8. The van der Waals surface area contributed by atoms with Gasteiger partial charge in [0.05, 0.1) is 24.8 Å². The monoisotopic (exact) mass is 590 g/mol. The van der Waals surface area contributed by atoms with Gasteiger partial charge in [0.15, 0.2) is 17.4 Å². The summed E-state index contributed by atoms with van der Waals surface area (Å²) in [5, 5.41) is 11.1. The van der Waals surface area contributed by atoms with Gasteiger partial charge in [-0.15, -0.1) is 0 Å². The molecule has 2 fully saturated rings. The van der Waals surface area contributed by atoms with Gasteiger partial charge < -0.3 is 35.0 Å². The topological polar surface area (TPSA) is 279 Å². The molecule has 4 rings (SSSR count). The Balaban J connectivity index is 1.68. The fourth-order valence-corrected chi connectivity index (χ4v) is 6.66. The Morgan fingerprint density at radius 3 is 2.62 bits per heavy atom. The molecule has 0 aromatic carbocycles. The number of phosphoric acid groups is 2. The van der Waals surface area contributed by atoms with Crippen LogP contribution in [0.15, 0.2) is 11.1 Å². The predicted octanol–water partition coefficient (Wildman–Crippen LogP) is -2.39. The zero-order valence-electron chi connectivity index (χ0n) is 19.1. The number of sulfonamides is 1. The number of aromatic amines is 1. The van der Waals surface area contributed by atoms with Crippen molar-refractivity contribution in [3.63, 3.8) is 0 Å². The van der Waals surface area contributed by atoms with E-state index in [0.717, 1.165) is 10.6 Å². The molecule has 0 radical (unpaired) electrons. The Bertz CT molecular complexity index is 1460. The van der Waals surface area contributed by atoms with Crippen molar-refractivity contribution in [1.29, 1.82) is 0 Å². The van der Waals surface area contributed by atoms with Gasteiger partial charge in [0.1, 0.15) is 17.8 Å². The molecule has 2 aromatic rings. The Morgan fingerprint density at radius 2 is 2.00 bits per heavy atom. The van der Waals surface area contributed by atoms with Crippen LogP contribution in [0.2, 0.25) is 0 Å². The number of nitrogen functional groups attached to an aromatic ring is 1. The highest BCUT2D eigenvalue weighted by molar-refractivity contribution is 7.89. The van der Waals surface area contributed by atoms with Gasteiger partial charge in [0, 0.05) is 14.1 Å². The van der Waals surface area contributed by atoms with Crippen LogP contribution in [-0.2, 0) is 37.5 Å². The third-order valence-electron chi connectivity index (χ3n) is 5.88. The number of phosphoric ester groups is 1. The van der Waals surface area contributed by atoms with Crippen molar-refractivity contribution in [2.24, 2.45) is 0 Å². The predicted molar refractivity (Wildman–Crippen MR) is 121 cm³/mol. The SMILES string of the molecule is CN(C)S(=O)(=O)CC[C@@H]1O[C@H]2C(O)[C@@]1(COP(=O)(O)OP(=O)(O)O)O[C@H]2n1cnc2c(=O)[nH]c(N)nc21. The second-order valence-electron chi connectivity index (χ2n) is 8.47. The summed E-state index contributed by atoms with van der Waals surface area (Å²) in [6.45, 7) is -1.01. The molecule has 2 bridgehead atoms. The molecular weight excluding hydrogens is 566 g/mol. The molecule has 19 nitrogen and oxygen atoms in total. The summed E-state index contributed by atoms with van der Waals surface area (Å²) in [5.74, 6) is -0.721. The van der Waals surface area contributed by atoms with Crippen molar-refractivity contribution >= 4 is 42.8 Å². The minimum absolute atomic E-state index is 0.0462. The summed E-state index contributed by atoms with van der Waals surface area (Å²) < 4.78 is 70.3. The Morgan fingerprint density at radius 1 is 1.32 bits per heavy atom. The van der Waals surface area contributed by atoms with Crippen LogP contribution in [0.5, 0.6) is 0 Å². The number of hydrogen-bond donors (Lipinski definition) is 6. The van der Waals surface area contributed by atoms with Crippen molar-refractivity contribution in [2.75, 3.05) is 32.2 Å². The van der Waals surface area contributed by atoms with Crippen molar-refractivity contribution in [1.82, 2.24) is 23.8 Å². The number of anilines is 1. The summed E-state index contributed by atoms with van der Waals surface area (Å²) in [6, 6.07) is 0. The van der Waals surface area contributed by atoms with E-state index in [0.29, 0.717) is 0 Å². The number of nitrogens with two attached hydrogens (primary N) is 1. The lowest BCUT2D eigenvalue weighted by atomic mass is 9.92. The average Bonchev–Trinajstić information content (AvgIpc) is 3.37. The van der Waals surface area contributed by atoms with E-state index in [1.54, 1.807) is 0 Å². The summed E-state index contributed by atoms with van der Waals surface area (Å²) in [5.41, 5.74) is 2.76. The molecule has 2 saturated heterocycles. The van der Waals surface area contributed by atoms with Crippen LogP contribution in [0.1, 0.15) is 12.6 Å². The van der Waals surface area contributed by atoms with E-state index < -0.39 is 73.7 Å². The average molecular weight is 590 g/mol.